The van der Waals surface area contributed by atoms with Crippen LogP contribution in [0.3, 0.4) is 0 Å². The number of hydrogen-bond acceptors (Lipinski definition) is 2. The van der Waals surface area contributed by atoms with E-state index in [1.54, 1.807) is 0 Å². The van der Waals surface area contributed by atoms with Crippen molar-refractivity contribution in [2.75, 3.05) is 0 Å². The van der Waals surface area contributed by atoms with Crippen molar-refractivity contribution in [3.8, 4) is 11.5 Å². The van der Waals surface area contributed by atoms with Crippen molar-refractivity contribution in [1.82, 2.24) is 0 Å². The van der Waals surface area contributed by atoms with Gasteiger partial charge in [-0.25, -0.2) is 0 Å². The van der Waals surface area contributed by atoms with E-state index in [0.29, 0.717) is 0 Å². The zero-order valence-electron chi connectivity index (χ0n) is 20.2. The van der Waals surface area contributed by atoms with Gasteiger partial charge in [-0.1, -0.05) is 64.8 Å². The first-order valence-electron chi connectivity index (χ1n) is 12.4. The van der Waals surface area contributed by atoms with Gasteiger partial charge in [-0.05, 0) is 73.9 Å². The number of allylic oxidation sites excluding steroid dienone is 2. The maximum atomic E-state index is 6.31. The molecule has 0 aromatic heterocycles. The van der Waals surface area contributed by atoms with E-state index in [1.165, 1.54) is 36.8 Å². The van der Waals surface area contributed by atoms with Crippen LogP contribution in [-0.2, 0) is 12.8 Å². The fourth-order valence-electron chi connectivity index (χ4n) is 3.95. The molecule has 0 heterocycles. The Hall–Kier alpha value is -2.74. The van der Waals surface area contributed by atoms with E-state index in [1.807, 2.05) is 12.5 Å². The minimum absolute atomic E-state index is 0.919. The lowest BCUT2D eigenvalue weighted by Crippen LogP contribution is -1.95. The summed E-state index contributed by atoms with van der Waals surface area (Å²) in [6.45, 7) is 8.80. The van der Waals surface area contributed by atoms with Crippen LogP contribution in [0.5, 0.6) is 11.5 Å². The molecule has 0 aliphatic carbocycles. The number of aryl methyl sites for hydroxylation is 2. The summed E-state index contributed by atoms with van der Waals surface area (Å²) in [6.07, 6.45) is 16.8. The van der Waals surface area contributed by atoms with Gasteiger partial charge in [-0.3, -0.25) is 0 Å². The molecule has 170 valence electrons. The van der Waals surface area contributed by atoms with Crippen LogP contribution in [0.2, 0.25) is 0 Å². The van der Waals surface area contributed by atoms with Gasteiger partial charge in [0.15, 0.2) is 0 Å². The van der Waals surface area contributed by atoms with Crippen LogP contribution in [0.1, 0.15) is 77.3 Å². The first-order chi connectivity index (χ1) is 15.7. The summed E-state index contributed by atoms with van der Waals surface area (Å²) >= 11 is 0. The van der Waals surface area contributed by atoms with Crippen molar-refractivity contribution in [2.24, 2.45) is 0 Å². The topological polar surface area (TPSA) is 18.5 Å². The number of benzene rings is 3. The molecule has 3 aromatic rings. The minimum atomic E-state index is 0.919. The largest absolute Gasteiger partial charge is 0.464 e. The molecule has 2 nitrogen and oxygen atoms in total. The lowest BCUT2D eigenvalue weighted by molar-refractivity contribution is 0.481. The molecular weight excluding hydrogens is 392 g/mol. The summed E-state index contributed by atoms with van der Waals surface area (Å²) < 4.78 is 12.6. The van der Waals surface area contributed by atoms with Gasteiger partial charge < -0.3 is 9.47 Å². The van der Waals surface area contributed by atoms with Crippen molar-refractivity contribution in [3.63, 3.8) is 0 Å². The van der Waals surface area contributed by atoms with E-state index >= 15 is 0 Å². The van der Waals surface area contributed by atoms with E-state index in [9.17, 15) is 0 Å². The summed E-state index contributed by atoms with van der Waals surface area (Å²) in [6, 6.07) is 13.3. The Bertz CT molecular complexity index is 988. The molecule has 0 saturated carbocycles. The Morgan fingerprint density at radius 1 is 0.594 bits per heavy atom. The molecule has 3 rings (SSSR count). The highest BCUT2D eigenvalue weighted by Gasteiger charge is 2.16. The third-order valence-electron chi connectivity index (χ3n) is 5.98. The molecule has 2 heteroatoms. The summed E-state index contributed by atoms with van der Waals surface area (Å²) in [5.41, 5.74) is 2.59. The predicted octanol–water partition coefficient (Wildman–Crippen LogP) is 9.28. The zero-order chi connectivity index (χ0) is 22.8. The monoisotopic (exact) mass is 430 g/mol. The van der Waals surface area contributed by atoms with E-state index in [4.69, 9.17) is 9.47 Å². The maximum Gasteiger partial charge on any atom is 0.142 e. The highest BCUT2D eigenvalue weighted by atomic mass is 16.5. The zero-order valence-corrected chi connectivity index (χ0v) is 20.2. The molecule has 0 aliphatic rings. The predicted molar refractivity (Wildman–Crippen MR) is 139 cm³/mol. The van der Waals surface area contributed by atoms with Crippen LogP contribution in [0, 0.1) is 0 Å². The first kappa shape index (κ1) is 23.9. The quantitative estimate of drug-likeness (QED) is 0.162. The van der Waals surface area contributed by atoms with Crippen molar-refractivity contribution in [2.45, 2.75) is 79.1 Å². The van der Waals surface area contributed by atoms with Gasteiger partial charge in [-0.2, -0.15) is 0 Å². The number of fused-ring (bicyclic) bond motifs is 2. The molecule has 0 amide bonds. The molecule has 32 heavy (non-hydrogen) atoms. The average molecular weight is 431 g/mol. The van der Waals surface area contributed by atoms with Gasteiger partial charge in [0.25, 0.3) is 0 Å². The van der Waals surface area contributed by atoms with Crippen LogP contribution in [-0.4, -0.2) is 0 Å². The molecule has 0 saturated heterocycles. The Morgan fingerprint density at radius 2 is 1.03 bits per heavy atom. The smallest absolute Gasteiger partial charge is 0.142 e. The summed E-state index contributed by atoms with van der Waals surface area (Å²) in [4.78, 5) is 0. The van der Waals surface area contributed by atoms with E-state index in [-0.39, 0.29) is 0 Å². The van der Waals surface area contributed by atoms with Crippen LogP contribution in [0.25, 0.3) is 21.5 Å². The van der Waals surface area contributed by atoms with Crippen LogP contribution >= 0.6 is 0 Å². The SMILES string of the molecule is CCCC/C=C/Oc1c2ccc(CC)cc2c(O/C=C/CCCC)c2ccc(CC)cc12. The lowest BCUT2D eigenvalue weighted by atomic mass is 9.96. The van der Waals surface area contributed by atoms with E-state index < -0.39 is 0 Å². The van der Waals surface area contributed by atoms with Gasteiger partial charge in [0, 0.05) is 21.5 Å². The third-order valence-corrected chi connectivity index (χ3v) is 5.98. The first-order valence-corrected chi connectivity index (χ1v) is 12.4. The van der Waals surface area contributed by atoms with Crippen LogP contribution < -0.4 is 9.47 Å². The van der Waals surface area contributed by atoms with Crippen molar-refractivity contribution in [3.05, 3.63) is 72.2 Å². The second-order valence-electron chi connectivity index (χ2n) is 8.39. The minimum Gasteiger partial charge on any atom is -0.464 e. The van der Waals surface area contributed by atoms with E-state index in [0.717, 1.165) is 58.7 Å². The van der Waals surface area contributed by atoms with Gasteiger partial charge in [0.05, 0.1) is 12.5 Å². The molecule has 0 N–H and O–H groups in total. The van der Waals surface area contributed by atoms with Gasteiger partial charge in [0.1, 0.15) is 11.5 Å². The molecule has 0 spiro atoms. The van der Waals surface area contributed by atoms with Crippen molar-refractivity contribution < 1.29 is 9.47 Å². The fraction of sp³-hybridized carbons (Fsp3) is 0.400. The summed E-state index contributed by atoms with van der Waals surface area (Å²) in [5.74, 6) is 1.84. The number of unbranched alkanes of at least 4 members (excludes halogenated alkanes) is 4. The molecule has 3 aromatic carbocycles. The summed E-state index contributed by atoms with van der Waals surface area (Å²) in [5, 5.41) is 4.41. The van der Waals surface area contributed by atoms with E-state index in [2.05, 4.69) is 76.2 Å². The highest BCUT2D eigenvalue weighted by Crippen LogP contribution is 2.44. The van der Waals surface area contributed by atoms with Gasteiger partial charge in [0.2, 0.25) is 0 Å². The number of ether oxygens (including phenoxy) is 2. The van der Waals surface area contributed by atoms with Gasteiger partial charge in [-0.15, -0.1) is 0 Å². The average Bonchev–Trinajstić information content (AvgIpc) is 2.83. The van der Waals surface area contributed by atoms with Crippen molar-refractivity contribution in [1.29, 1.82) is 0 Å². The Balaban J connectivity index is 2.17. The fourth-order valence-corrected chi connectivity index (χ4v) is 3.95. The Morgan fingerprint density at radius 3 is 1.41 bits per heavy atom. The number of hydrogen-bond donors (Lipinski definition) is 0. The molecule has 0 aliphatic heterocycles. The highest BCUT2D eigenvalue weighted by molar-refractivity contribution is 6.11. The summed E-state index contributed by atoms with van der Waals surface area (Å²) in [7, 11) is 0. The number of rotatable bonds is 12. The van der Waals surface area contributed by atoms with Gasteiger partial charge >= 0.3 is 0 Å². The second-order valence-corrected chi connectivity index (χ2v) is 8.39. The second kappa shape index (κ2) is 12.3. The van der Waals surface area contributed by atoms with Crippen LogP contribution in [0.15, 0.2) is 61.1 Å². The molecule has 0 unspecified atom stereocenters. The lowest BCUT2D eigenvalue weighted by Gasteiger charge is -2.17. The normalized spacial score (nSPS) is 11.9. The Labute approximate surface area is 193 Å². The molecular formula is C30H38O2. The molecule has 0 bridgehead atoms. The van der Waals surface area contributed by atoms with Crippen molar-refractivity contribution >= 4 is 21.5 Å². The molecule has 0 atom stereocenters. The molecule has 0 radical (unpaired) electrons. The molecule has 0 fully saturated rings. The maximum absolute atomic E-state index is 6.31. The standard InChI is InChI=1S/C30H38O2/c1-5-9-11-13-19-31-29-25-17-15-24(8-4)22-28(25)30(32-20-14-12-10-6-2)26-18-16-23(7-3)21-27(26)29/h13-22H,5-12H2,1-4H3/b19-13+,20-14+. The Kier molecular flexibility index (Phi) is 9.22. The third kappa shape index (κ3) is 5.73. The van der Waals surface area contributed by atoms with Crippen LogP contribution in [0.4, 0.5) is 0 Å².